The Morgan fingerprint density at radius 1 is 1.33 bits per heavy atom. The minimum absolute atomic E-state index is 0.107. The molecule has 24 heavy (non-hydrogen) atoms. The summed E-state index contributed by atoms with van der Waals surface area (Å²) in [6.45, 7) is 5.57. The van der Waals surface area contributed by atoms with Crippen molar-refractivity contribution in [3.63, 3.8) is 0 Å². The summed E-state index contributed by atoms with van der Waals surface area (Å²) in [5, 5.41) is 6.24. The molecule has 2 aromatic rings. The summed E-state index contributed by atoms with van der Waals surface area (Å²) in [6.07, 6.45) is 2.31. The van der Waals surface area contributed by atoms with Crippen LogP contribution in [0.4, 0.5) is 10.8 Å². The second kappa shape index (κ2) is 6.63. The van der Waals surface area contributed by atoms with E-state index in [0.717, 1.165) is 34.8 Å². The van der Waals surface area contributed by atoms with E-state index in [1.54, 1.807) is 0 Å². The van der Waals surface area contributed by atoms with E-state index >= 15 is 0 Å². The number of aromatic nitrogens is 1. The van der Waals surface area contributed by atoms with Gasteiger partial charge in [-0.2, -0.15) is 4.98 Å². The predicted molar refractivity (Wildman–Crippen MR) is 96.1 cm³/mol. The fourth-order valence-corrected chi connectivity index (χ4v) is 3.19. The van der Waals surface area contributed by atoms with Crippen LogP contribution in [-0.2, 0) is 4.74 Å². The van der Waals surface area contributed by atoms with Crippen LogP contribution in [0.5, 0.6) is 0 Å². The van der Waals surface area contributed by atoms with Crippen molar-refractivity contribution in [3.05, 3.63) is 22.7 Å². The van der Waals surface area contributed by atoms with Crippen molar-refractivity contribution in [1.29, 1.82) is 0 Å². The maximum atomic E-state index is 11.8. The molecule has 1 amide bonds. The molecule has 130 valence electrons. The number of nitrogens with zero attached hydrogens (tertiary/aromatic N) is 1. The van der Waals surface area contributed by atoms with E-state index in [1.807, 2.05) is 39.0 Å². The zero-order valence-electron chi connectivity index (χ0n) is 14.1. The molecule has 1 heterocycles. The van der Waals surface area contributed by atoms with Crippen LogP contribution in [0.25, 0.3) is 11.1 Å². The lowest BCUT2D eigenvalue weighted by Gasteiger charge is -2.21. The minimum atomic E-state index is -0.479. The first-order valence-corrected chi connectivity index (χ1v) is 8.90. The van der Waals surface area contributed by atoms with Gasteiger partial charge >= 0.3 is 6.09 Å². The molecule has 0 spiro atoms. The van der Waals surface area contributed by atoms with Crippen LogP contribution in [0.3, 0.4) is 0 Å². The highest BCUT2D eigenvalue weighted by atomic mass is 79.9. The first-order valence-electron chi connectivity index (χ1n) is 8.11. The van der Waals surface area contributed by atoms with Gasteiger partial charge in [0.15, 0.2) is 5.58 Å². The van der Waals surface area contributed by atoms with Crippen molar-refractivity contribution < 1.29 is 13.9 Å². The number of hydrogen-bond donors (Lipinski definition) is 2. The largest absolute Gasteiger partial charge is 0.444 e. The molecule has 7 heteroatoms. The minimum Gasteiger partial charge on any atom is -0.444 e. The Labute approximate surface area is 149 Å². The maximum absolute atomic E-state index is 11.8. The monoisotopic (exact) mass is 395 g/mol. The van der Waals surface area contributed by atoms with Gasteiger partial charge in [-0.15, -0.1) is 0 Å². The molecule has 3 rings (SSSR count). The number of benzene rings is 1. The van der Waals surface area contributed by atoms with Crippen molar-refractivity contribution in [1.82, 2.24) is 10.3 Å². The topological polar surface area (TPSA) is 76.4 Å². The normalized spacial score (nSPS) is 21.0. The third-order valence-electron chi connectivity index (χ3n) is 3.83. The zero-order valence-corrected chi connectivity index (χ0v) is 15.6. The molecular weight excluding hydrogens is 374 g/mol. The van der Waals surface area contributed by atoms with Gasteiger partial charge < -0.3 is 19.8 Å². The number of fused-ring (bicyclic) bond motifs is 1. The number of amides is 1. The Hall–Kier alpha value is -1.76. The number of halogens is 1. The molecule has 2 atom stereocenters. The fraction of sp³-hybridized carbons (Fsp3) is 0.529. The van der Waals surface area contributed by atoms with Crippen molar-refractivity contribution in [2.75, 3.05) is 5.32 Å². The molecule has 0 unspecified atom stereocenters. The summed E-state index contributed by atoms with van der Waals surface area (Å²) in [7, 11) is 0. The number of carbonyl (C=O) groups excluding carboxylic acids is 1. The van der Waals surface area contributed by atoms with Crippen LogP contribution in [-0.4, -0.2) is 28.8 Å². The molecule has 1 fully saturated rings. The second-order valence-electron chi connectivity index (χ2n) is 7.13. The smallest absolute Gasteiger partial charge is 0.407 e. The summed E-state index contributed by atoms with van der Waals surface area (Å²) in [6, 6.07) is 6.60. The standard InChI is InChI=1S/C17H22BrN3O3/c1-17(2,3)24-16(22)20-12-6-5-11(9-12)19-15-21-13-7-4-10(18)8-14(13)23-15/h4,7-8,11-12H,5-6,9H2,1-3H3,(H,19,21)(H,20,22)/t11-,12-/m0/s1. The van der Waals surface area contributed by atoms with E-state index in [1.165, 1.54) is 0 Å². The number of anilines is 1. The van der Waals surface area contributed by atoms with Crippen molar-refractivity contribution in [2.45, 2.75) is 57.7 Å². The van der Waals surface area contributed by atoms with Gasteiger partial charge in [-0.25, -0.2) is 4.79 Å². The van der Waals surface area contributed by atoms with Crippen LogP contribution >= 0.6 is 15.9 Å². The highest BCUT2D eigenvalue weighted by Gasteiger charge is 2.28. The number of nitrogens with one attached hydrogen (secondary N) is 2. The Bertz CT molecular complexity index is 738. The van der Waals surface area contributed by atoms with E-state index < -0.39 is 5.60 Å². The van der Waals surface area contributed by atoms with E-state index in [0.29, 0.717) is 6.01 Å². The predicted octanol–water partition coefficient (Wildman–Crippen LogP) is 4.45. The lowest BCUT2D eigenvalue weighted by atomic mass is 10.2. The molecule has 1 aliphatic carbocycles. The fourth-order valence-electron chi connectivity index (χ4n) is 2.85. The van der Waals surface area contributed by atoms with Crippen LogP contribution in [0, 0.1) is 0 Å². The number of rotatable bonds is 3. The Balaban J connectivity index is 1.54. The number of alkyl carbamates (subject to hydrolysis) is 1. The Kier molecular flexibility index (Phi) is 4.71. The number of oxazole rings is 1. The molecule has 1 aromatic heterocycles. The summed E-state index contributed by atoms with van der Waals surface area (Å²) in [4.78, 5) is 16.3. The molecule has 0 aliphatic heterocycles. The molecule has 1 saturated carbocycles. The van der Waals surface area contributed by atoms with Crippen molar-refractivity contribution in [3.8, 4) is 0 Å². The van der Waals surface area contributed by atoms with Crippen molar-refractivity contribution >= 4 is 39.1 Å². The third-order valence-corrected chi connectivity index (χ3v) is 4.32. The molecular formula is C17H22BrN3O3. The average molecular weight is 396 g/mol. The molecule has 0 radical (unpaired) electrons. The average Bonchev–Trinajstić information content (AvgIpc) is 3.02. The molecule has 0 bridgehead atoms. The first kappa shape index (κ1) is 17.1. The Morgan fingerprint density at radius 3 is 2.83 bits per heavy atom. The molecule has 1 aliphatic rings. The van der Waals surface area contributed by atoms with E-state index in [4.69, 9.17) is 9.15 Å². The van der Waals surface area contributed by atoms with E-state index in [-0.39, 0.29) is 18.2 Å². The number of carbonyl (C=O) groups is 1. The number of ether oxygens (including phenoxy) is 1. The van der Waals surface area contributed by atoms with Crippen LogP contribution in [0.15, 0.2) is 27.1 Å². The van der Waals surface area contributed by atoms with E-state index in [9.17, 15) is 4.79 Å². The summed E-state index contributed by atoms with van der Waals surface area (Å²) in [5.74, 6) is 0. The number of hydrogen-bond acceptors (Lipinski definition) is 5. The zero-order chi connectivity index (χ0) is 17.3. The van der Waals surface area contributed by atoms with Gasteiger partial charge in [0.25, 0.3) is 6.01 Å². The highest BCUT2D eigenvalue weighted by molar-refractivity contribution is 9.10. The lowest BCUT2D eigenvalue weighted by Crippen LogP contribution is -2.38. The van der Waals surface area contributed by atoms with Gasteiger partial charge in [0.2, 0.25) is 0 Å². The lowest BCUT2D eigenvalue weighted by molar-refractivity contribution is 0.0505. The molecule has 1 aromatic carbocycles. The van der Waals surface area contributed by atoms with Crippen LogP contribution < -0.4 is 10.6 Å². The first-order chi connectivity index (χ1) is 11.3. The van der Waals surface area contributed by atoms with Gasteiger partial charge in [0.05, 0.1) is 0 Å². The Morgan fingerprint density at radius 2 is 2.08 bits per heavy atom. The molecule has 2 N–H and O–H groups in total. The van der Waals surface area contributed by atoms with Crippen LogP contribution in [0.1, 0.15) is 40.0 Å². The van der Waals surface area contributed by atoms with E-state index in [2.05, 4.69) is 31.5 Å². The third kappa shape index (κ3) is 4.41. The summed E-state index contributed by atoms with van der Waals surface area (Å²) < 4.78 is 12.0. The van der Waals surface area contributed by atoms with Gasteiger partial charge in [0, 0.05) is 16.6 Å². The van der Waals surface area contributed by atoms with Gasteiger partial charge in [0.1, 0.15) is 11.1 Å². The van der Waals surface area contributed by atoms with Gasteiger partial charge in [-0.3, -0.25) is 0 Å². The molecule has 0 saturated heterocycles. The maximum Gasteiger partial charge on any atom is 0.407 e. The van der Waals surface area contributed by atoms with Gasteiger partial charge in [-0.05, 0) is 58.2 Å². The summed E-state index contributed by atoms with van der Waals surface area (Å²) in [5.41, 5.74) is 1.09. The van der Waals surface area contributed by atoms with Gasteiger partial charge in [-0.1, -0.05) is 15.9 Å². The molecule has 6 nitrogen and oxygen atoms in total. The quantitative estimate of drug-likeness (QED) is 0.802. The highest BCUT2D eigenvalue weighted by Crippen LogP contribution is 2.27. The van der Waals surface area contributed by atoms with Crippen LogP contribution in [0.2, 0.25) is 0 Å². The second-order valence-corrected chi connectivity index (χ2v) is 8.04. The summed E-state index contributed by atoms with van der Waals surface area (Å²) >= 11 is 3.42. The van der Waals surface area contributed by atoms with Crippen molar-refractivity contribution in [2.24, 2.45) is 0 Å². The SMILES string of the molecule is CC(C)(C)OC(=O)N[C@H]1CC[C@H](Nc2nc3ccc(Br)cc3o2)C1.